The Hall–Kier alpha value is -3.28. The fraction of sp³-hybridized carbons (Fsp3) is 0.238. The number of anilines is 1. The minimum atomic E-state index is -3.86. The molecule has 1 aromatic heterocycles. The number of nitrogens with one attached hydrogen (secondary N) is 1. The fourth-order valence-electron chi connectivity index (χ4n) is 3.25. The molecule has 0 bridgehead atoms. The lowest BCUT2D eigenvalue weighted by atomic mass is 10.1. The molecule has 0 unspecified atom stereocenters. The number of aromatic nitrogens is 1. The molecule has 2 aromatic carbocycles. The van der Waals surface area contributed by atoms with Gasteiger partial charge in [-0.05, 0) is 30.3 Å². The summed E-state index contributed by atoms with van der Waals surface area (Å²) < 4.78 is 56.9. The number of halogens is 1. The number of benzene rings is 2. The summed E-state index contributed by atoms with van der Waals surface area (Å²) in [6, 6.07) is 11.5. The van der Waals surface area contributed by atoms with E-state index in [0.29, 0.717) is 13.2 Å². The van der Waals surface area contributed by atoms with Crippen LogP contribution in [0.4, 0.5) is 10.1 Å². The van der Waals surface area contributed by atoms with Gasteiger partial charge in [0.2, 0.25) is 10.0 Å². The molecule has 0 aliphatic carbocycles. The second-order valence-corrected chi connectivity index (χ2v) is 8.80. The summed E-state index contributed by atoms with van der Waals surface area (Å²) in [5.41, 5.74) is 0.303. The number of methoxy groups -OCH3 is 1. The first-order valence-electron chi connectivity index (χ1n) is 9.69. The molecular formula is C21H20FN3O6S. The molecule has 4 rings (SSSR count). The number of hydrogen-bond donors (Lipinski definition) is 1. The molecule has 0 atom stereocenters. The molecule has 168 valence electrons. The third-order valence-electron chi connectivity index (χ3n) is 4.89. The molecule has 0 spiro atoms. The monoisotopic (exact) mass is 461 g/mol. The highest BCUT2D eigenvalue weighted by molar-refractivity contribution is 7.89. The Bertz CT molecular complexity index is 1240. The summed E-state index contributed by atoms with van der Waals surface area (Å²) in [5.74, 6) is -0.906. The average Bonchev–Trinajstić information content (AvgIpc) is 3.30. The Morgan fingerprint density at radius 1 is 1.16 bits per heavy atom. The zero-order chi connectivity index (χ0) is 22.7. The van der Waals surface area contributed by atoms with Crippen LogP contribution < -0.4 is 10.1 Å². The molecule has 32 heavy (non-hydrogen) atoms. The minimum Gasteiger partial charge on any atom is -0.495 e. The third-order valence-corrected chi connectivity index (χ3v) is 6.81. The van der Waals surface area contributed by atoms with Crippen molar-refractivity contribution in [3.05, 3.63) is 60.0 Å². The fourth-order valence-corrected chi connectivity index (χ4v) is 4.84. The van der Waals surface area contributed by atoms with Crippen molar-refractivity contribution >= 4 is 21.6 Å². The maximum absolute atomic E-state index is 13.9. The third kappa shape index (κ3) is 4.35. The summed E-state index contributed by atoms with van der Waals surface area (Å²) in [6.45, 7) is 1.04. The standard InChI is InChI=1S/C21H20FN3O6S/c1-29-18-7-6-14(12-20(18)32(27,28)25-8-10-30-11-9-25)23-21(26)17-13-19(31-24-17)15-4-2-3-5-16(15)22/h2-7,12-13H,8-11H2,1H3,(H,23,26). The van der Waals surface area contributed by atoms with Crippen LogP contribution in [0.5, 0.6) is 5.75 Å². The van der Waals surface area contributed by atoms with E-state index in [1.807, 2.05) is 0 Å². The summed E-state index contributed by atoms with van der Waals surface area (Å²) in [7, 11) is -2.50. The topological polar surface area (TPSA) is 111 Å². The van der Waals surface area contributed by atoms with E-state index in [-0.39, 0.29) is 46.4 Å². The average molecular weight is 461 g/mol. The van der Waals surface area contributed by atoms with E-state index in [4.69, 9.17) is 14.0 Å². The molecule has 1 saturated heterocycles. The quantitative estimate of drug-likeness (QED) is 0.601. The van der Waals surface area contributed by atoms with Crippen molar-refractivity contribution in [2.45, 2.75) is 4.90 Å². The van der Waals surface area contributed by atoms with Gasteiger partial charge in [0.15, 0.2) is 11.5 Å². The molecule has 1 amide bonds. The maximum atomic E-state index is 13.9. The van der Waals surface area contributed by atoms with Crippen molar-refractivity contribution in [2.24, 2.45) is 0 Å². The Morgan fingerprint density at radius 2 is 1.91 bits per heavy atom. The van der Waals surface area contributed by atoms with Crippen LogP contribution in [0.1, 0.15) is 10.5 Å². The van der Waals surface area contributed by atoms with Crippen molar-refractivity contribution in [2.75, 3.05) is 38.7 Å². The van der Waals surface area contributed by atoms with Gasteiger partial charge in [-0.25, -0.2) is 12.8 Å². The maximum Gasteiger partial charge on any atom is 0.277 e. The number of ether oxygens (including phenoxy) is 2. The lowest BCUT2D eigenvalue weighted by molar-refractivity contribution is 0.0729. The van der Waals surface area contributed by atoms with Gasteiger partial charge >= 0.3 is 0 Å². The lowest BCUT2D eigenvalue weighted by Crippen LogP contribution is -2.40. The number of carbonyl (C=O) groups excluding carboxylic acids is 1. The number of amides is 1. The van der Waals surface area contributed by atoms with E-state index in [2.05, 4.69) is 10.5 Å². The largest absolute Gasteiger partial charge is 0.495 e. The number of nitrogens with zero attached hydrogens (tertiary/aromatic N) is 2. The molecule has 9 nitrogen and oxygen atoms in total. The van der Waals surface area contributed by atoms with Crippen LogP contribution in [0, 0.1) is 5.82 Å². The van der Waals surface area contributed by atoms with Crippen LogP contribution >= 0.6 is 0 Å². The number of sulfonamides is 1. The van der Waals surface area contributed by atoms with Crippen molar-refractivity contribution in [3.63, 3.8) is 0 Å². The molecule has 2 heterocycles. The molecule has 1 aliphatic rings. The van der Waals surface area contributed by atoms with Crippen molar-refractivity contribution in [1.82, 2.24) is 9.46 Å². The zero-order valence-corrected chi connectivity index (χ0v) is 17.9. The van der Waals surface area contributed by atoms with Gasteiger partial charge in [0, 0.05) is 24.8 Å². The van der Waals surface area contributed by atoms with Gasteiger partial charge in [-0.15, -0.1) is 0 Å². The summed E-state index contributed by atoms with van der Waals surface area (Å²) in [5, 5.41) is 6.28. The SMILES string of the molecule is COc1ccc(NC(=O)c2cc(-c3ccccc3F)on2)cc1S(=O)(=O)N1CCOCC1. The Morgan fingerprint density at radius 3 is 2.62 bits per heavy atom. The van der Waals surface area contributed by atoms with Crippen LogP contribution in [-0.2, 0) is 14.8 Å². The van der Waals surface area contributed by atoms with E-state index >= 15 is 0 Å². The molecule has 1 N–H and O–H groups in total. The highest BCUT2D eigenvalue weighted by atomic mass is 32.2. The molecule has 0 saturated carbocycles. The van der Waals surface area contributed by atoms with E-state index in [0.717, 1.165) is 0 Å². The number of hydrogen-bond acceptors (Lipinski definition) is 7. The second kappa shape index (κ2) is 9.07. The van der Waals surface area contributed by atoms with Crippen LogP contribution in [0.25, 0.3) is 11.3 Å². The van der Waals surface area contributed by atoms with Crippen molar-refractivity contribution in [3.8, 4) is 17.1 Å². The summed E-state index contributed by atoms with van der Waals surface area (Å²) in [4.78, 5) is 12.5. The van der Waals surface area contributed by atoms with Gasteiger partial charge in [-0.1, -0.05) is 17.3 Å². The van der Waals surface area contributed by atoms with Crippen molar-refractivity contribution in [1.29, 1.82) is 0 Å². The predicted molar refractivity (Wildman–Crippen MR) is 112 cm³/mol. The Kier molecular flexibility index (Phi) is 6.21. The first-order valence-corrected chi connectivity index (χ1v) is 11.1. The van der Waals surface area contributed by atoms with Gasteiger partial charge < -0.3 is 19.3 Å². The predicted octanol–water partition coefficient (Wildman–Crippen LogP) is 2.76. The van der Waals surface area contributed by atoms with Crippen molar-refractivity contribution < 1.29 is 31.6 Å². The van der Waals surface area contributed by atoms with E-state index < -0.39 is 21.7 Å². The van der Waals surface area contributed by atoms with Crippen LogP contribution in [-0.4, -0.2) is 57.2 Å². The zero-order valence-electron chi connectivity index (χ0n) is 17.1. The van der Waals surface area contributed by atoms with E-state index in [9.17, 15) is 17.6 Å². The van der Waals surface area contributed by atoms with Gasteiger partial charge in [-0.3, -0.25) is 4.79 Å². The number of rotatable bonds is 6. The summed E-state index contributed by atoms with van der Waals surface area (Å²) in [6.07, 6.45) is 0. The second-order valence-electron chi connectivity index (χ2n) is 6.89. The number of morpholine rings is 1. The first kappa shape index (κ1) is 21.9. The van der Waals surface area contributed by atoms with Gasteiger partial charge in [0.25, 0.3) is 5.91 Å². The van der Waals surface area contributed by atoms with Crippen LogP contribution in [0.15, 0.2) is 57.9 Å². The summed E-state index contributed by atoms with van der Waals surface area (Å²) >= 11 is 0. The Labute approximate surface area is 183 Å². The normalized spacial score (nSPS) is 14.8. The van der Waals surface area contributed by atoms with Crippen LogP contribution in [0.3, 0.4) is 0 Å². The lowest BCUT2D eigenvalue weighted by Gasteiger charge is -2.26. The Balaban J connectivity index is 1.58. The highest BCUT2D eigenvalue weighted by Crippen LogP contribution is 2.30. The van der Waals surface area contributed by atoms with Gasteiger partial charge in [0.1, 0.15) is 16.5 Å². The van der Waals surface area contributed by atoms with Crippen LogP contribution in [0.2, 0.25) is 0 Å². The minimum absolute atomic E-state index is 0.0769. The molecule has 1 fully saturated rings. The molecule has 11 heteroatoms. The highest BCUT2D eigenvalue weighted by Gasteiger charge is 2.30. The number of carbonyl (C=O) groups is 1. The molecule has 3 aromatic rings. The van der Waals surface area contributed by atoms with Gasteiger partial charge in [0.05, 0.1) is 25.9 Å². The molecule has 0 radical (unpaired) electrons. The first-order chi connectivity index (χ1) is 15.4. The molecule has 1 aliphatic heterocycles. The van der Waals surface area contributed by atoms with Gasteiger partial charge in [-0.2, -0.15) is 4.31 Å². The van der Waals surface area contributed by atoms with E-state index in [1.165, 1.54) is 53.9 Å². The van der Waals surface area contributed by atoms with E-state index in [1.54, 1.807) is 6.07 Å². The smallest absolute Gasteiger partial charge is 0.277 e. The molecular weight excluding hydrogens is 441 g/mol.